The normalized spacial score (nSPS) is 27.9. The zero-order valence-corrected chi connectivity index (χ0v) is 11.0. The van der Waals surface area contributed by atoms with Crippen molar-refractivity contribution >= 4 is 10.2 Å². The molecule has 1 heterocycles. The average Bonchev–Trinajstić information content (AvgIpc) is 2.16. The van der Waals surface area contributed by atoms with Gasteiger partial charge in [0, 0.05) is 19.6 Å². The van der Waals surface area contributed by atoms with E-state index in [0.29, 0.717) is 37.9 Å². The van der Waals surface area contributed by atoms with Crippen molar-refractivity contribution < 1.29 is 8.42 Å². The zero-order valence-electron chi connectivity index (χ0n) is 10.1. The molecule has 2 unspecified atom stereocenters. The maximum absolute atomic E-state index is 11.9. The Morgan fingerprint density at radius 1 is 1.38 bits per heavy atom. The highest BCUT2D eigenvalue weighted by molar-refractivity contribution is 7.87. The van der Waals surface area contributed by atoms with Crippen molar-refractivity contribution in [3.63, 3.8) is 0 Å². The minimum Gasteiger partial charge on any atom is -0.202 e. The van der Waals surface area contributed by atoms with Crippen LogP contribution in [0.4, 0.5) is 0 Å². The molecular formula is C11H22N2O2S. The van der Waals surface area contributed by atoms with Crippen molar-refractivity contribution in [3.05, 3.63) is 12.7 Å². The lowest BCUT2D eigenvalue weighted by Gasteiger charge is -2.33. The van der Waals surface area contributed by atoms with E-state index >= 15 is 0 Å². The molecule has 0 aliphatic carbocycles. The molecule has 0 bridgehead atoms. The molecule has 0 spiro atoms. The van der Waals surface area contributed by atoms with E-state index in [1.807, 2.05) is 0 Å². The first-order valence-corrected chi connectivity index (χ1v) is 7.25. The van der Waals surface area contributed by atoms with E-state index < -0.39 is 10.2 Å². The van der Waals surface area contributed by atoms with E-state index in [4.69, 9.17) is 0 Å². The number of nitrogens with one attached hydrogen (secondary N) is 1. The fourth-order valence-corrected chi connectivity index (χ4v) is 3.64. The lowest BCUT2D eigenvalue weighted by atomic mass is 9.94. The quantitative estimate of drug-likeness (QED) is 0.588. The Hall–Kier alpha value is -0.390. The Kier molecular flexibility index (Phi) is 4.95. The van der Waals surface area contributed by atoms with E-state index in [9.17, 15) is 8.42 Å². The average molecular weight is 246 g/mol. The second-order valence-electron chi connectivity index (χ2n) is 4.74. The fourth-order valence-electron chi connectivity index (χ4n) is 2.18. The molecule has 0 radical (unpaired) electrons. The summed E-state index contributed by atoms with van der Waals surface area (Å²) in [7, 11) is -3.29. The molecule has 94 valence electrons. The zero-order chi connectivity index (χ0) is 12.2. The molecule has 5 heteroatoms. The van der Waals surface area contributed by atoms with Crippen LogP contribution in [0.3, 0.4) is 0 Å². The van der Waals surface area contributed by atoms with Gasteiger partial charge >= 0.3 is 0 Å². The Labute approximate surface area is 98.9 Å². The molecule has 0 amide bonds. The fraction of sp³-hybridized carbons (Fsp3) is 0.818. The van der Waals surface area contributed by atoms with E-state index in [-0.39, 0.29) is 0 Å². The Balaban J connectivity index is 2.57. The van der Waals surface area contributed by atoms with Gasteiger partial charge in [0.2, 0.25) is 0 Å². The Morgan fingerprint density at radius 3 is 2.44 bits per heavy atom. The van der Waals surface area contributed by atoms with Crippen molar-refractivity contribution in [1.82, 2.24) is 9.03 Å². The van der Waals surface area contributed by atoms with Crippen LogP contribution in [-0.2, 0) is 10.2 Å². The lowest BCUT2D eigenvalue weighted by molar-refractivity contribution is 0.220. The van der Waals surface area contributed by atoms with Crippen LogP contribution >= 0.6 is 0 Å². The second-order valence-corrected chi connectivity index (χ2v) is 6.49. The minimum absolute atomic E-state index is 0.436. The Morgan fingerprint density at radius 2 is 1.94 bits per heavy atom. The highest BCUT2D eigenvalue weighted by Gasteiger charge is 2.29. The van der Waals surface area contributed by atoms with Crippen LogP contribution in [0.2, 0.25) is 0 Å². The second kappa shape index (κ2) is 5.80. The summed E-state index contributed by atoms with van der Waals surface area (Å²) in [6.45, 7) is 9.47. The van der Waals surface area contributed by atoms with Crippen LogP contribution in [0.5, 0.6) is 0 Å². The van der Waals surface area contributed by atoms with E-state index in [2.05, 4.69) is 25.1 Å². The molecular weight excluding hydrogens is 224 g/mol. The summed E-state index contributed by atoms with van der Waals surface area (Å²) in [5, 5.41) is 0. The third kappa shape index (κ3) is 3.88. The third-order valence-electron chi connectivity index (χ3n) is 2.81. The molecule has 2 atom stereocenters. The van der Waals surface area contributed by atoms with Gasteiger partial charge in [0.05, 0.1) is 0 Å². The van der Waals surface area contributed by atoms with Crippen LogP contribution < -0.4 is 4.72 Å². The van der Waals surface area contributed by atoms with Crippen LogP contribution in [0.1, 0.15) is 26.7 Å². The first kappa shape index (κ1) is 13.7. The van der Waals surface area contributed by atoms with Gasteiger partial charge in [-0.2, -0.15) is 12.7 Å². The van der Waals surface area contributed by atoms with E-state index in [1.54, 1.807) is 10.4 Å². The van der Waals surface area contributed by atoms with Crippen LogP contribution in [0, 0.1) is 11.8 Å². The molecule has 1 saturated heterocycles. The molecule has 1 fully saturated rings. The minimum atomic E-state index is -3.29. The van der Waals surface area contributed by atoms with Gasteiger partial charge in [-0.1, -0.05) is 19.9 Å². The highest BCUT2D eigenvalue weighted by atomic mass is 32.2. The standard InChI is InChI=1S/C11H22N2O2S/c1-4-5-6-12-16(14,15)13-8-10(2)7-11(3)9-13/h4,10-12H,1,5-9H2,2-3H3. The summed E-state index contributed by atoms with van der Waals surface area (Å²) in [5.74, 6) is 0.888. The first-order valence-electron chi connectivity index (χ1n) is 5.81. The first-order chi connectivity index (χ1) is 7.45. The maximum Gasteiger partial charge on any atom is 0.279 e. The maximum atomic E-state index is 11.9. The summed E-state index contributed by atoms with van der Waals surface area (Å²) in [6, 6.07) is 0. The predicted molar refractivity (Wildman–Crippen MR) is 66.3 cm³/mol. The van der Waals surface area contributed by atoms with Gasteiger partial charge in [-0.05, 0) is 24.7 Å². The van der Waals surface area contributed by atoms with Crippen molar-refractivity contribution in [3.8, 4) is 0 Å². The summed E-state index contributed by atoms with van der Waals surface area (Å²) in [6.07, 6.45) is 3.49. The molecule has 4 nitrogen and oxygen atoms in total. The monoisotopic (exact) mass is 246 g/mol. The molecule has 0 saturated carbocycles. The molecule has 0 aromatic rings. The predicted octanol–water partition coefficient (Wildman–Crippen LogP) is 1.37. The van der Waals surface area contributed by atoms with Gasteiger partial charge in [-0.3, -0.25) is 0 Å². The number of hydrogen-bond acceptors (Lipinski definition) is 2. The molecule has 1 rings (SSSR count). The summed E-state index contributed by atoms with van der Waals surface area (Å²) < 4.78 is 28.0. The smallest absolute Gasteiger partial charge is 0.202 e. The van der Waals surface area contributed by atoms with Gasteiger partial charge in [-0.25, -0.2) is 4.72 Å². The third-order valence-corrected chi connectivity index (χ3v) is 4.36. The number of nitrogens with zero attached hydrogens (tertiary/aromatic N) is 1. The van der Waals surface area contributed by atoms with Crippen molar-refractivity contribution in [1.29, 1.82) is 0 Å². The van der Waals surface area contributed by atoms with Crippen LogP contribution in [-0.4, -0.2) is 32.4 Å². The van der Waals surface area contributed by atoms with E-state index in [1.165, 1.54) is 0 Å². The topological polar surface area (TPSA) is 49.4 Å². The summed E-state index contributed by atoms with van der Waals surface area (Å²) in [5.41, 5.74) is 0. The number of hydrogen-bond donors (Lipinski definition) is 1. The van der Waals surface area contributed by atoms with Gasteiger partial charge in [0.15, 0.2) is 0 Å². The Bertz CT molecular complexity index is 317. The van der Waals surface area contributed by atoms with Gasteiger partial charge in [0.25, 0.3) is 10.2 Å². The summed E-state index contributed by atoms with van der Waals surface area (Å²) in [4.78, 5) is 0. The molecule has 16 heavy (non-hydrogen) atoms. The molecule has 0 aromatic carbocycles. The largest absolute Gasteiger partial charge is 0.279 e. The van der Waals surface area contributed by atoms with Crippen molar-refractivity contribution in [2.24, 2.45) is 11.8 Å². The van der Waals surface area contributed by atoms with Crippen LogP contribution in [0.15, 0.2) is 12.7 Å². The SMILES string of the molecule is C=CCCNS(=O)(=O)N1CC(C)CC(C)C1. The van der Waals surface area contributed by atoms with Gasteiger partial charge in [-0.15, -0.1) is 6.58 Å². The molecule has 1 aliphatic rings. The van der Waals surface area contributed by atoms with Crippen molar-refractivity contribution in [2.45, 2.75) is 26.7 Å². The van der Waals surface area contributed by atoms with Crippen molar-refractivity contribution in [2.75, 3.05) is 19.6 Å². The highest BCUT2D eigenvalue weighted by Crippen LogP contribution is 2.22. The molecule has 0 aromatic heterocycles. The lowest BCUT2D eigenvalue weighted by Crippen LogP contribution is -2.47. The van der Waals surface area contributed by atoms with Crippen LogP contribution in [0.25, 0.3) is 0 Å². The summed E-state index contributed by atoms with van der Waals surface area (Å²) >= 11 is 0. The van der Waals surface area contributed by atoms with E-state index in [0.717, 1.165) is 6.42 Å². The molecule has 1 aliphatic heterocycles. The number of rotatable bonds is 5. The van der Waals surface area contributed by atoms with Gasteiger partial charge in [0.1, 0.15) is 0 Å². The molecule has 1 N–H and O–H groups in total. The number of piperidine rings is 1. The van der Waals surface area contributed by atoms with Gasteiger partial charge < -0.3 is 0 Å².